The van der Waals surface area contributed by atoms with Crippen LogP contribution in [0.5, 0.6) is 0 Å². The van der Waals surface area contributed by atoms with Crippen molar-refractivity contribution >= 4 is 43.6 Å². The Bertz CT molecular complexity index is 2740. The molecule has 3 heterocycles. The fraction of sp³-hybridized carbons (Fsp3) is 0.0816. The molecule has 0 bridgehead atoms. The fourth-order valence-electron chi connectivity index (χ4n) is 7.35. The summed E-state index contributed by atoms with van der Waals surface area (Å²) in [7, 11) is 0. The van der Waals surface area contributed by atoms with Crippen LogP contribution in [0.25, 0.3) is 89.2 Å². The Morgan fingerprint density at radius 3 is 1.33 bits per heavy atom. The summed E-state index contributed by atoms with van der Waals surface area (Å²) in [5.41, 5.74) is 9.66. The quantitative estimate of drug-likeness (QED) is 0.180. The number of nitrogens with zero attached hydrogens (tertiary/aromatic N) is 5. The minimum Gasteiger partial charge on any atom is -0.309 e. The average Bonchev–Trinajstić information content (AvgIpc) is 3.79. The van der Waals surface area contributed by atoms with E-state index in [9.17, 15) is 0 Å². The van der Waals surface area contributed by atoms with Gasteiger partial charge in [-0.2, -0.15) is 0 Å². The molecule has 0 radical (unpaired) electrons. The third-order valence-corrected chi connectivity index (χ3v) is 9.56. The van der Waals surface area contributed by atoms with Crippen LogP contribution in [0.1, 0.15) is 27.7 Å². The lowest BCUT2D eigenvalue weighted by Gasteiger charge is -2.11. The number of aromatic nitrogens is 5. The molecule has 0 aliphatic heterocycles. The minimum absolute atomic E-state index is 0.634. The highest BCUT2D eigenvalue weighted by Gasteiger charge is 2.21. The first-order valence-electron chi connectivity index (χ1n) is 18.8. The molecule has 0 saturated heterocycles. The van der Waals surface area contributed by atoms with E-state index in [4.69, 9.17) is 15.0 Å². The lowest BCUT2D eigenvalue weighted by molar-refractivity contribution is 1.07. The van der Waals surface area contributed by atoms with E-state index in [1.165, 1.54) is 27.2 Å². The third kappa shape index (κ3) is 5.90. The molecule has 0 spiro atoms. The van der Waals surface area contributed by atoms with E-state index < -0.39 is 0 Å². The van der Waals surface area contributed by atoms with Crippen molar-refractivity contribution in [1.82, 2.24) is 24.1 Å². The van der Waals surface area contributed by atoms with E-state index in [1.807, 2.05) is 88.4 Å². The Morgan fingerprint density at radius 1 is 0.333 bits per heavy atom. The van der Waals surface area contributed by atoms with Crippen LogP contribution in [0, 0.1) is 0 Å². The van der Waals surface area contributed by atoms with Crippen LogP contribution in [-0.2, 0) is 0 Å². The largest absolute Gasteiger partial charge is 0.309 e. The van der Waals surface area contributed by atoms with Gasteiger partial charge < -0.3 is 9.13 Å². The zero-order chi connectivity index (χ0) is 37.0. The standard InChI is InChI=1S/C45H29N5.2C2H6/c1-4-15-30(16-5-1)43-46-44(31-17-6-2-7-18-31)48-45(47-43)32-27-28-39-36(29-32)42-40(49(39)33-19-8-3-9-20-33)25-14-26-41(42)50-37-23-12-10-21-34(37)35-22-11-13-24-38(35)50;2*1-2/h1-29H;2*1-2H3. The summed E-state index contributed by atoms with van der Waals surface area (Å²) in [6.45, 7) is 8.00. The van der Waals surface area contributed by atoms with Crippen molar-refractivity contribution in [2.75, 3.05) is 0 Å². The van der Waals surface area contributed by atoms with Gasteiger partial charge in [-0.15, -0.1) is 0 Å². The lowest BCUT2D eigenvalue weighted by Crippen LogP contribution is -2.00. The zero-order valence-corrected chi connectivity index (χ0v) is 31.0. The summed E-state index contributed by atoms with van der Waals surface area (Å²) >= 11 is 0. The highest BCUT2D eigenvalue weighted by molar-refractivity contribution is 6.17. The Kier molecular flexibility index (Phi) is 9.52. The first-order chi connectivity index (χ1) is 26.8. The van der Waals surface area contributed by atoms with Crippen molar-refractivity contribution in [2.45, 2.75) is 27.7 Å². The first-order valence-corrected chi connectivity index (χ1v) is 18.8. The van der Waals surface area contributed by atoms with E-state index in [0.29, 0.717) is 17.5 Å². The molecule has 5 heteroatoms. The SMILES string of the molecule is CC.CC.c1ccc(-c2nc(-c3ccccc3)nc(-c3ccc4c(c3)c3c(-n5c6ccccc6c6ccccc65)cccc3n4-c3ccccc3)n2)cc1. The number of benzene rings is 7. The summed E-state index contributed by atoms with van der Waals surface area (Å²) in [6, 6.07) is 61.5. The van der Waals surface area contributed by atoms with Gasteiger partial charge in [0.2, 0.25) is 0 Å². The molecule has 0 atom stereocenters. The molecular formula is C49H41N5. The molecule has 5 nitrogen and oxygen atoms in total. The maximum absolute atomic E-state index is 5.07. The summed E-state index contributed by atoms with van der Waals surface area (Å²) in [6.07, 6.45) is 0. The van der Waals surface area contributed by atoms with Crippen LogP contribution in [0.3, 0.4) is 0 Å². The van der Waals surface area contributed by atoms with E-state index in [1.54, 1.807) is 0 Å². The summed E-state index contributed by atoms with van der Waals surface area (Å²) in [4.78, 5) is 15.1. The van der Waals surface area contributed by atoms with E-state index >= 15 is 0 Å². The molecular weight excluding hydrogens is 659 g/mol. The molecule has 0 unspecified atom stereocenters. The highest BCUT2D eigenvalue weighted by atomic mass is 15.0. The van der Waals surface area contributed by atoms with E-state index in [2.05, 4.69) is 124 Å². The molecule has 3 aromatic heterocycles. The molecule has 7 aromatic carbocycles. The van der Waals surface area contributed by atoms with Gasteiger partial charge in [0, 0.05) is 43.9 Å². The second-order valence-corrected chi connectivity index (χ2v) is 12.5. The van der Waals surface area contributed by atoms with Crippen molar-refractivity contribution in [2.24, 2.45) is 0 Å². The molecule has 0 fully saturated rings. The van der Waals surface area contributed by atoms with Crippen LogP contribution in [0.15, 0.2) is 176 Å². The smallest absolute Gasteiger partial charge is 0.164 e. The topological polar surface area (TPSA) is 48.5 Å². The van der Waals surface area contributed by atoms with Gasteiger partial charge in [0.15, 0.2) is 17.5 Å². The summed E-state index contributed by atoms with van der Waals surface area (Å²) in [5.74, 6) is 1.93. The van der Waals surface area contributed by atoms with Crippen LogP contribution in [-0.4, -0.2) is 24.1 Å². The molecule has 0 aliphatic rings. The number of hydrogen-bond donors (Lipinski definition) is 0. The fourth-order valence-corrected chi connectivity index (χ4v) is 7.35. The van der Waals surface area contributed by atoms with Gasteiger partial charge in [-0.05, 0) is 54.6 Å². The van der Waals surface area contributed by atoms with E-state index in [0.717, 1.165) is 44.5 Å². The second-order valence-electron chi connectivity index (χ2n) is 12.5. The Balaban J connectivity index is 0.00000100. The number of hydrogen-bond acceptors (Lipinski definition) is 3. The molecule has 262 valence electrons. The van der Waals surface area contributed by atoms with Crippen LogP contribution in [0.4, 0.5) is 0 Å². The Labute approximate surface area is 315 Å². The molecule has 54 heavy (non-hydrogen) atoms. The van der Waals surface area contributed by atoms with Gasteiger partial charge in [-0.1, -0.05) is 149 Å². The van der Waals surface area contributed by atoms with Gasteiger partial charge in [0.05, 0.1) is 27.8 Å². The Hall–Kier alpha value is -6.85. The molecule has 10 aromatic rings. The Morgan fingerprint density at radius 2 is 0.778 bits per heavy atom. The maximum atomic E-state index is 5.07. The van der Waals surface area contributed by atoms with Crippen molar-refractivity contribution in [3.05, 3.63) is 176 Å². The van der Waals surface area contributed by atoms with Crippen molar-refractivity contribution < 1.29 is 0 Å². The number of rotatable bonds is 5. The monoisotopic (exact) mass is 699 g/mol. The molecule has 0 N–H and O–H groups in total. The van der Waals surface area contributed by atoms with Gasteiger partial charge in [-0.3, -0.25) is 0 Å². The third-order valence-electron chi connectivity index (χ3n) is 9.56. The zero-order valence-electron chi connectivity index (χ0n) is 31.0. The number of para-hydroxylation sites is 3. The van der Waals surface area contributed by atoms with Crippen LogP contribution >= 0.6 is 0 Å². The van der Waals surface area contributed by atoms with Gasteiger partial charge in [-0.25, -0.2) is 15.0 Å². The van der Waals surface area contributed by atoms with Crippen LogP contribution < -0.4 is 0 Å². The molecule has 0 aliphatic carbocycles. The van der Waals surface area contributed by atoms with Crippen molar-refractivity contribution in [1.29, 1.82) is 0 Å². The normalized spacial score (nSPS) is 11.0. The lowest BCUT2D eigenvalue weighted by atomic mass is 10.1. The van der Waals surface area contributed by atoms with Gasteiger partial charge >= 0.3 is 0 Å². The summed E-state index contributed by atoms with van der Waals surface area (Å²) < 4.78 is 4.78. The average molecular weight is 700 g/mol. The van der Waals surface area contributed by atoms with Gasteiger partial charge in [0.25, 0.3) is 0 Å². The molecule has 10 rings (SSSR count). The maximum Gasteiger partial charge on any atom is 0.164 e. The molecule has 0 saturated carbocycles. The van der Waals surface area contributed by atoms with Crippen molar-refractivity contribution in [3.63, 3.8) is 0 Å². The summed E-state index contributed by atoms with van der Waals surface area (Å²) in [5, 5.41) is 4.77. The van der Waals surface area contributed by atoms with Crippen LogP contribution in [0.2, 0.25) is 0 Å². The molecule has 0 amide bonds. The van der Waals surface area contributed by atoms with Gasteiger partial charge in [0.1, 0.15) is 0 Å². The predicted molar refractivity (Wildman–Crippen MR) is 228 cm³/mol. The first kappa shape index (κ1) is 34.2. The predicted octanol–water partition coefficient (Wildman–Crippen LogP) is 13.1. The minimum atomic E-state index is 0.634. The number of fused-ring (bicyclic) bond motifs is 6. The highest BCUT2D eigenvalue weighted by Crippen LogP contribution is 2.41. The second kappa shape index (κ2) is 15.0. The van der Waals surface area contributed by atoms with E-state index in [-0.39, 0.29) is 0 Å². The van der Waals surface area contributed by atoms with Crippen molar-refractivity contribution in [3.8, 4) is 45.5 Å².